The third-order valence-electron chi connectivity index (χ3n) is 3.66. The number of halogens is 3. The van der Waals surface area contributed by atoms with Crippen molar-refractivity contribution in [2.24, 2.45) is 5.41 Å². The maximum absolute atomic E-state index is 12.7. The van der Waals surface area contributed by atoms with E-state index in [-0.39, 0.29) is 5.56 Å². The summed E-state index contributed by atoms with van der Waals surface area (Å²) >= 11 is 0. The van der Waals surface area contributed by atoms with Gasteiger partial charge in [0.2, 0.25) is 0 Å². The average Bonchev–Trinajstić information content (AvgIpc) is 2.46. The molecule has 20 heavy (non-hydrogen) atoms. The molecule has 0 saturated carbocycles. The Hall–Kier alpha value is -1.58. The SMILES string of the molecule is N#CC1(C(O)c2cccc(C(F)(F)F)c2)CCOCC1. The van der Waals surface area contributed by atoms with Gasteiger partial charge in [0.1, 0.15) is 0 Å². The van der Waals surface area contributed by atoms with Crippen LogP contribution >= 0.6 is 0 Å². The molecule has 1 aromatic rings. The normalized spacial score (nSPS) is 20.1. The Morgan fingerprint density at radius 2 is 1.95 bits per heavy atom. The zero-order valence-electron chi connectivity index (χ0n) is 10.7. The quantitative estimate of drug-likeness (QED) is 0.908. The first-order chi connectivity index (χ1) is 9.39. The van der Waals surface area contributed by atoms with Gasteiger partial charge in [-0.2, -0.15) is 18.4 Å². The van der Waals surface area contributed by atoms with Gasteiger partial charge >= 0.3 is 6.18 Å². The van der Waals surface area contributed by atoms with Crippen LogP contribution in [0.1, 0.15) is 30.1 Å². The molecule has 1 fully saturated rings. The monoisotopic (exact) mass is 285 g/mol. The fourth-order valence-corrected chi connectivity index (χ4v) is 2.39. The first-order valence-corrected chi connectivity index (χ1v) is 6.23. The smallest absolute Gasteiger partial charge is 0.387 e. The summed E-state index contributed by atoms with van der Waals surface area (Å²) < 4.78 is 43.2. The average molecular weight is 285 g/mol. The van der Waals surface area contributed by atoms with Crippen LogP contribution in [-0.2, 0) is 10.9 Å². The van der Waals surface area contributed by atoms with Gasteiger partial charge in [-0.1, -0.05) is 12.1 Å². The van der Waals surface area contributed by atoms with E-state index in [2.05, 4.69) is 6.07 Å². The summed E-state index contributed by atoms with van der Waals surface area (Å²) in [4.78, 5) is 0. The summed E-state index contributed by atoms with van der Waals surface area (Å²) in [6.45, 7) is 0.646. The van der Waals surface area contributed by atoms with E-state index in [4.69, 9.17) is 4.74 Å². The highest BCUT2D eigenvalue weighted by Crippen LogP contribution is 2.43. The number of aliphatic hydroxyl groups excluding tert-OH is 1. The van der Waals surface area contributed by atoms with Crippen LogP contribution in [0, 0.1) is 16.7 Å². The molecule has 0 spiro atoms. The van der Waals surface area contributed by atoms with E-state index in [0.717, 1.165) is 12.1 Å². The topological polar surface area (TPSA) is 53.2 Å². The van der Waals surface area contributed by atoms with Crippen LogP contribution < -0.4 is 0 Å². The van der Waals surface area contributed by atoms with Crippen molar-refractivity contribution >= 4 is 0 Å². The number of benzene rings is 1. The minimum absolute atomic E-state index is 0.114. The van der Waals surface area contributed by atoms with Gasteiger partial charge in [0.15, 0.2) is 0 Å². The van der Waals surface area contributed by atoms with E-state index in [0.29, 0.717) is 26.1 Å². The van der Waals surface area contributed by atoms with Crippen molar-refractivity contribution < 1.29 is 23.0 Å². The molecule has 0 radical (unpaired) electrons. The predicted molar refractivity (Wildman–Crippen MR) is 64.5 cm³/mol. The summed E-state index contributed by atoms with van der Waals surface area (Å²) in [6.07, 6.45) is -5.11. The molecule has 1 aliphatic heterocycles. The predicted octanol–water partition coefficient (Wildman–Crippen LogP) is 3.06. The summed E-state index contributed by atoms with van der Waals surface area (Å²) in [5.41, 5.74) is -1.79. The summed E-state index contributed by atoms with van der Waals surface area (Å²) in [5, 5.41) is 19.7. The van der Waals surface area contributed by atoms with Crippen molar-refractivity contribution in [3.8, 4) is 6.07 Å². The third kappa shape index (κ3) is 2.79. The molecule has 1 aromatic carbocycles. The Labute approximate surface area is 114 Å². The highest BCUT2D eigenvalue weighted by molar-refractivity contribution is 5.30. The molecule has 0 aliphatic carbocycles. The van der Waals surface area contributed by atoms with Crippen molar-refractivity contribution in [2.45, 2.75) is 25.1 Å². The fraction of sp³-hybridized carbons (Fsp3) is 0.500. The molecule has 1 N–H and O–H groups in total. The second-order valence-electron chi connectivity index (χ2n) is 4.91. The first kappa shape index (κ1) is 14.8. The van der Waals surface area contributed by atoms with E-state index < -0.39 is 23.3 Å². The van der Waals surface area contributed by atoms with E-state index >= 15 is 0 Å². The summed E-state index contributed by atoms with van der Waals surface area (Å²) in [6, 6.07) is 6.56. The summed E-state index contributed by atoms with van der Waals surface area (Å²) in [7, 11) is 0. The van der Waals surface area contributed by atoms with Gasteiger partial charge in [-0.3, -0.25) is 0 Å². The molecule has 2 rings (SSSR count). The van der Waals surface area contributed by atoms with E-state index in [9.17, 15) is 23.5 Å². The second kappa shape index (κ2) is 5.43. The van der Waals surface area contributed by atoms with Crippen LogP contribution in [0.3, 0.4) is 0 Å². The Bertz CT molecular complexity index is 516. The number of ether oxygens (including phenoxy) is 1. The van der Waals surface area contributed by atoms with Crippen LogP contribution in [0.2, 0.25) is 0 Å². The lowest BCUT2D eigenvalue weighted by molar-refractivity contribution is -0.137. The van der Waals surface area contributed by atoms with Crippen LogP contribution in [0.15, 0.2) is 24.3 Å². The van der Waals surface area contributed by atoms with Crippen molar-refractivity contribution in [3.05, 3.63) is 35.4 Å². The van der Waals surface area contributed by atoms with Gasteiger partial charge in [-0.05, 0) is 30.5 Å². The van der Waals surface area contributed by atoms with Gasteiger partial charge < -0.3 is 9.84 Å². The highest BCUT2D eigenvalue weighted by Gasteiger charge is 2.41. The molecule has 0 bridgehead atoms. The maximum Gasteiger partial charge on any atom is 0.416 e. The van der Waals surface area contributed by atoms with Gasteiger partial charge in [-0.15, -0.1) is 0 Å². The van der Waals surface area contributed by atoms with Crippen LogP contribution in [-0.4, -0.2) is 18.3 Å². The number of nitrogens with zero attached hydrogens (tertiary/aromatic N) is 1. The molecule has 108 valence electrons. The number of nitriles is 1. The Morgan fingerprint density at radius 1 is 1.30 bits per heavy atom. The first-order valence-electron chi connectivity index (χ1n) is 6.23. The second-order valence-corrected chi connectivity index (χ2v) is 4.91. The van der Waals surface area contributed by atoms with Gasteiger partial charge in [-0.25, -0.2) is 0 Å². The molecule has 0 aromatic heterocycles. The Kier molecular flexibility index (Phi) is 4.02. The largest absolute Gasteiger partial charge is 0.416 e. The van der Waals surface area contributed by atoms with Crippen LogP contribution in [0.4, 0.5) is 13.2 Å². The number of rotatable bonds is 2. The summed E-state index contributed by atoms with van der Waals surface area (Å²) in [5.74, 6) is 0. The maximum atomic E-state index is 12.7. The van der Waals surface area contributed by atoms with Gasteiger partial charge in [0.05, 0.1) is 23.2 Å². The van der Waals surface area contributed by atoms with Crippen LogP contribution in [0.25, 0.3) is 0 Å². The fourth-order valence-electron chi connectivity index (χ4n) is 2.39. The van der Waals surface area contributed by atoms with Crippen molar-refractivity contribution in [1.82, 2.24) is 0 Å². The molecule has 1 saturated heterocycles. The molecule has 0 amide bonds. The minimum atomic E-state index is -4.47. The highest BCUT2D eigenvalue weighted by atomic mass is 19.4. The number of aliphatic hydroxyl groups is 1. The molecule has 1 unspecified atom stereocenters. The van der Waals surface area contributed by atoms with Gasteiger partial charge in [0.25, 0.3) is 0 Å². The molecular weight excluding hydrogens is 271 g/mol. The molecule has 1 aliphatic rings. The minimum Gasteiger partial charge on any atom is -0.387 e. The lowest BCUT2D eigenvalue weighted by Crippen LogP contribution is -2.34. The molecular formula is C14H14F3NO2. The lowest BCUT2D eigenvalue weighted by atomic mass is 9.74. The molecule has 3 nitrogen and oxygen atoms in total. The van der Waals surface area contributed by atoms with Gasteiger partial charge in [0, 0.05) is 13.2 Å². The standard InChI is InChI=1S/C14H14F3NO2/c15-14(16,17)11-3-1-2-10(8-11)12(19)13(9-18)4-6-20-7-5-13/h1-3,8,12,19H,4-7H2. The molecule has 1 heterocycles. The number of alkyl halides is 3. The van der Waals surface area contributed by atoms with Crippen molar-refractivity contribution in [1.29, 1.82) is 5.26 Å². The van der Waals surface area contributed by atoms with E-state index in [1.54, 1.807) is 0 Å². The van der Waals surface area contributed by atoms with Crippen molar-refractivity contribution in [3.63, 3.8) is 0 Å². The van der Waals surface area contributed by atoms with E-state index in [1.807, 2.05) is 0 Å². The lowest BCUT2D eigenvalue weighted by Gasteiger charge is -2.35. The third-order valence-corrected chi connectivity index (χ3v) is 3.66. The Balaban J connectivity index is 2.33. The van der Waals surface area contributed by atoms with Crippen LogP contribution in [0.5, 0.6) is 0 Å². The zero-order valence-corrected chi connectivity index (χ0v) is 10.7. The van der Waals surface area contributed by atoms with E-state index in [1.165, 1.54) is 12.1 Å². The number of hydrogen-bond donors (Lipinski definition) is 1. The Morgan fingerprint density at radius 3 is 2.50 bits per heavy atom. The molecule has 1 atom stereocenters. The zero-order chi connectivity index (χ0) is 14.8. The number of hydrogen-bond acceptors (Lipinski definition) is 3. The van der Waals surface area contributed by atoms with Crippen molar-refractivity contribution in [2.75, 3.05) is 13.2 Å². The molecule has 6 heteroatoms.